The Balaban J connectivity index is 1.61. The van der Waals surface area contributed by atoms with Crippen LogP contribution in [0.2, 0.25) is 0 Å². The molecule has 188 valence electrons. The van der Waals surface area contributed by atoms with Crippen LogP contribution in [0.3, 0.4) is 0 Å². The third-order valence-corrected chi connectivity index (χ3v) is 6.93. The zero-order valence-electron chi connectivity index (χ0n) is 19.8. The number of alkyl halides is 2. The van der Waals surface area contributed by atoms with Crippen molar-refractivity contribution in [1.29, 1.82) is 0 Å². The smallest absolute Gasteiger partial charge is 0.387 e. The summed E-state index contributed by atoms with van der Waals surface area (Å²) in [4.78, 5) is 12.7. The number of carbonyl (C=O) groups is 1. The van der Waals surface area contributed by atoms with E-state index in [0.717, 1.165) is 5.56 Å². The first kappa shape index (κ1) is 26.7. The minimum atomic E-state index is -3.29. The Bertz CT molecular complexity index is 1360. The van der Waals surface area contributed by atoms with Gasteiger partial charge in [0.2, 0.25) is 5.91 Å². The topological polar surface area (TPSA) is 81.7 Å². The van der Waals surface area contributed by atoms with Crippen molar-refractivity contribution in [3.05, 3.63) is 83.4 Å². The molecule has 3 aromatic carbocycles. The molecule has 3 rings (SSSR count). The first-order chi connectivity index (χ1) is 17.2. The molecule has 0 aromatic heterocycles. The number of ether oxygens (including phenoxy) is 2. The van der Waals surface area contributed by atoms with Gasteiger partial charge in [0, 0.05) is 18.2 Å². The number of hydrogen-bond donors (Lipinski definition) is 1. The summed E-state index contributed by atoms with van der Waals surface area (Å²) < 4.78 is 58.0. The molecule has 6 nitrogen and oxygen atoms in total. The Morgan fingerprint density at radius 3 is 2.28 bits per heavy atom. The molecular weight excluding hydrogens is 488 g/mol. The van der Waals surface area contributed by atoms with Gasteiger partial charge >= 0.3 is 6.61 Å². The molecule has 0 unspecified atom stereocenters. The number of halogens is 2. The van der Waals surface area contributed by atoms with E-state index in [1.165, 1.54) is 31.4 Å². The predicted molar refractivity (Wildman–Crippen MR) is 133 cm³/mol. The number of nitrogens with one attached hydrogen (secondary N) is 1. The van der Waals surface area contributed by atoms with E-state index in [2.05, 4.69) is 21.9 Å². The van der Waals surface area contributed by atoms with Crippen LogP contribution in [0.5, 0.6) is 11.5 Å². The monoisotopic (exact) mass is 513 g/mol. The summed E-state index contributed by atoms with van der Waals surface area (Å²) >= 11 is 0. The molecule has 0 fully saturated rings. The van der Waals surface area contributed by atoms with Crippen LogP contribution in [0.4, 0.5) is 14.5 Å². The van der Waals surface area contributed by atoms with Crippen molar-refractivity contribution in [2.24, 2.45) is 0 Å². The predicted octanol–water partition coefficient (Wildman–Crippen LogP) is 4.87. The molecule has 0 bridgehead atoms. The number of anilines is 1. The quantitative estimate of drug-likeness (QED) is 0.413. The number of hydrogen-bond acceptors (Lipinski definition) is 5. The van der Waals surface area contributed by atoms with Gasteiger partial charge in [0.25, 0.3) is 0 Å². The van der Waals surface area contributed by atoms with E-state index < -0.39 is 16.4 Å². The second kappa shape index (κ2) is 12.2. The van der Waals surface area contributed by atoms with Crippen molar-refractivity contribution in [1.82, 2.24) is 0 Å². The molecular formula is C27H25F2NO5S. The maximum atomic E-state index is 12.5. The Hall–Kier alpha value is -3.90. The van der Waals surface area contributed by atoms with Gasteiger partial charge in [-0.25, -0.2) is 8.42 Å². The van der Waals surface area contributed by atoms with Crippen molar-refractivity contribution in [2.75, 3.05) is 18.2 Å². The zero-order chi connectivity index (χ0) is 26.1. The van der Waals surface area contributed by atoms with Crippen molar-refractivity contribution >= 4 is 21.4 Å². The van der Waals surface area contributed by atoms with Crippen LogP contribution >= 0.6 is 0 Å². The summed E-state index contributed by atoms with van der Waals surface area (Å²) in [5.74, 6) is 6.35. The fraction of sp³-hybridized carbons (Fsp3) is 0.222. The minimum Gasteiger partial charge on any atom is -0.495 e. The van der Waals surface area contributed by atoms with E-state index in [-0.39, 0.29) is 28.7 Å². The maximum absolute atomic E-state index is 12.5. The van der Waals surface area contributed by atoms with E-state index in [1.807, 2.05) is 0 Å². The van der Waals surface area contributed by atoms with Crippen molar-refractivity contribution in [3.8, 4) is 23.3 Å². The minimum absolute atomic E-state index is 0.0150. The van der Waals surface area contributed by atoms with Gasteiger partial charge in [-0.05, 0) is 47.5 Å². The van der Waals surface area contributed by atoms with Gasteiger partial charge in [0.1, 0.15) is 11.5 Å². The summed E-state index contributed by atoms with van der Waals surface area (Å²) in [7, 11) is -1.79. The maximum Gasteiger partial charge on any atom is 0.387 e. The highest BCUT2D eigenvalue weighted by Gasteiger charge is 2.12. The normalized spacial score (nSPS) is 10.9. The van der Waals surface area contributed by atoms with E-state index >= 15 is 0 Å². The van der Waals surface area contributed by atoms with E-state index in [1.54, 1.807) is 49.4 Å². The molecule has 36 heavy (non-hydrogen) atoms. The second-order valence-electron chi connectivity index (χ2n) is 7.69. The molecule has 3 aromatic rings. The number of amides is 1. The van der Waals surface area contributed by atoms with Gasteiger partial charge in [-0.1, -0.05) is 43.0 Å². The Morgan fingerprint density at radius 2 is 1.67 bits per heavy atom. The average Bonchev–Trinajstić information content (AvgIpc) is 2.85. The molecule has 0 spiro atoms. The lowest BCUT2D eigenvalue weighted by atomic mass is 10.1. The van der Waals surface area contributed by atoms with Crippen LogP contribution in [0.1, 0.15) is 23.6 Å². The van der Waals surface area contributed by atoms with Gasteiger partial charge in [0.15, 0.2) is 9.84 Å². The summed E-state index contributed by atoms with van der Waals surface area (Å²) in [5, 5.41) is 2.80. The number of rotatable bonds is 9. The molecule has 0 heterocycles. The highest BCUT2D eigenvalue weighted by atomic mass is 32.2. The molecule has 0 saturated heterocycles. The lowest BCUT2D eigenvalue weighted by molar-refractivity contribution is -0.115. The molecule has 1 N–H and O–H groups in total. The summed E-state index contributed by atoms with van der Waals surface area (Å²) in [6.07, 6.45) is 0.479. The summed E-state index contributed by atoms with van der Waals surface area (Å²) in [5.41, 5.74) is 2.68. The van der Waals surface area contributed by atoms with Crippen LogP contribution in [-0.4, -0.2) is 33.8 Å². The van der Waals surface area contributed by atoms with E-state index in [9.17, 15) is 22.0 Å². The Morgan fingerprint density at radius 1 is 1.00 bits per heavy atom. The van der Waals surface area contributed by atoms with Crippen molar-refractivity contribution < 1.29 is 31.5 Å². The van der Waals surface area contributed by atoms with Gasteiger partial charge in [0.05, 0.1) is 29.7 Å². The van der Waals surface area contributed by atoms with Crippen LogP contribution in [0, 0.1) is 11.8 Å². The van der Waals surface area contributed by atoms with Gasteiger partial charge in [-0.2, -0.15) is 8.78 Å². The molecule has 9 heteroatoms. The molecule has 0 atom stereocenters. The average molecular weight is 514 g/mol. The van der Waals surface area contributed by atoms with E-state index in [4.69, 9.17) is 4.74 Å². The number of methoxy groups -OCH3 is 1. The largest absolute Gasteiger partial charge is 0.495 e. The first-order valence-corrected chi connectivity index (χ1v) is 12.7. The lowest BCUT2D eigenvalue weighted by Crippen LogP contribution is -2.14. The van der Waals surface area contributed by atoms with Crippen molar-refractivity contribution in [2.45, 2.75) is 31.3 Å². The first-order valence-electron chi connectivity index (χ1n) is 11.0. The Kier molecular flexibility index (Phi) is 9.03. The standard InChI is InChI=1S/C27H25F2NO5S/c1-3-36(32,33)24-15-9-20(10-16-24)17-26(31)30-22-12-11-21(25(18-22)34-2)6-4-5-19-7-13-23(14-8-19)35-27(28)29/h7-16,18,27H,3,5,17H2,1-2H3,(H,30,31). The summed E-state index contributed by atoms with van der Waals surface area (Å²) in [6, 6.07) is 17.6. The molecule has 0 aliphatic heterocycles. The fourth-order valence-electron chi connectivity index (χ4n) is 3.27. The number of benzene rings is 3. The zero-order valence-corrected chi connectivity index (χ0v) is 20.6. The highest BCUT2D eigenvalue weighted by Crippen LogP contribution is 2.23. The highest BCUT2D eigenvalue weighted by molar-refractivity contribution is 7.91. The molecule has 1 amide bonds. The van der Waals surface area contributed by atoms with Gasteiger partial charge < -0.3 is 14.8 Å². The lowest BCUT2D eigenvalue weighted by Gasteiger charge is -2.09. The third kappa shape index (κ3) is 7.55. The van der Waals surface area contributed by atoms with Crippen LogP contribution in [0.25, 0.3) is 0 Å². The summed E-state index contributed by atoms with van der Waals surface area (Å²) in [6.45, 7) is -1.29. The van der Waals surface area contributed by atoms with Crippen LogP contribution in [-0.2, 0) is 27.5 Å². The Labute approximate surface area is 209 Å². The van der Waals surface area contributed by atoms with Gasteiger partial charge in [-0.3, -0.25) is 4.79 Å². The molecule has 0 saturated carbocycles. The van der Waals surface area contributed by atoms with Crippen LogP contribution < -0.4 is 14.8 Å². The number of carbonyl (C=O) groups excluding carboxylic acids is 1. The second-order valence-corrected chi connectivity index (χ2v) is 9.97. The molecule has 0 aliphatic carbocycles. The fourth-order valence-corrected chi connectivity index (χ4v) is 4.16. The SMILES string of the molecule is CCS(=O)(=O)c1ccc(CC(=O)Nc2ccc(C#CCc3ccc(OC(F)F)cc3)c(OC)c2)cc1. The van der Waals surface area contributed by atoms with Crippen LogP contribution in [0.15, 0.2) is 71.6 Å². The van der Waals surface area contributed by atoms with Gasteiger partial charge in [-0.15, -0.1) is 0 Å². The molecule has 0 aliphatic rings. The van der Waals surface area contributed by atoms with Crippen molar-refractivity contribution in [3.63, 3.8) is 0 Å². The number of sulfone groups is 1. The molecule has 0 radical (unpaired) electrons. The van der Waals surface area contributed by atoms with E-state index in [0.29, 0.717) is 29.0 Å². The third-order valence-electron chi connectivity index (χ3n) is 5.18.